The molecule has 0 radical (unpaired) electrons. The van der Waals surface area contributed by atoms with E-state index in [4.69, 9.17) is 4.74 Å². The van der Waals surface area contributed by atoms with Crippen molar-refractivity contribution in [1.29, 1.82) is 0 Å². The highest BCUT2D eigenvalue weighted by Gasteiger charge is 2.40. The molecule has 1 amide bonds. The van der Waals surface area contributed by atoms with E-state index < -0.39 is 0 Å². The number of carbonyl (C=O) groups is 1. The minimum atomic E-state index is 0.131. The number of aromatic nitrogens is 1. The van der Waals surface area contributed by atoms with Crippen molar-refractivity contribution in [3.05, 3.63) is 41.4 Å². The van der Waals surface area contributed by atoms with Crippen LogP contribution < -0.4 is 4.74 Å². The lowest BCUT2D eigenvalue weighted by atomic mass is 10.1. The van der Waals surface area contributed by atoms with Crippen LogP contribution in [0.15, 0.2) is 35.8 Å². The average Bonchev–Trinajstić information content (AvgIpc) is 3.24. The topological polar surface area (TPSA) is 42.4 Å². The maximum Gasteiger partial charge on any atom is 0.278 e. The van der Waals surface area contributed by atoms with Crippen LogP contribution in [-0.2, 0) is 0 Å². The Hall–Kier alpha value is -1.88. The van der Waals surface area contributed by atoms with Gasteiger partial charge >= 0.3 is 0 Å². The molecule has 2 bridgehead atoms. The summed E-state index contributed by atoms with van der Waals surface area (Å²) in [5, 5.41) is 2.46. The van der Waals surface area contributed by atoms with Crippen LogP contribution in [0.1, 0.15) is 29.6 Å². The second-order valence-electron chi connectivity index (χ2n) is 5.72. The van der Waals surface area contributed by atoms with Gasteiger partial charge in [-0.3, -0.25) is 4.79 Å². The summed E-state index contributed by atoms with van der Waals surface area (Å²) in [7, 11) is 0. The van der Waals surface area contributed by atoms with Crippen molar-refractivity contribution in [2.75, 3.05) is 6.54 Å². The van der Waals surface area contributed by atoms with Crippen molar-refractivity contribution in [1.82, 2.24) is 9.88 Å². The predicted molar refractivity (Wildman–Crippen MR) is 80.8 cm³/mol. The molecule has 2 aromatic rings. The first kappa shape index (κ1) is 12.8. The zero-order chi connectivity index (χ0) is 14.2. The average molecular weight is 300 g/mol. The van der Waals surface area contributed by atoms with E-state index >= 15 is 0 Å². The summed E-state index contributed by atoms with van der Waals surface area (Å²) in [6.07, 6.45) is 5.32. The number of nitrogens with zero attached hydrogens (tertiary/aromatic N) is 2. The second-order valence-corrected chi connectivity index (χ2v) is 6.58. The van der Waals surface area contributed by atoms with Gasteiger partial charge in [0.15, 0.2) is 0 Å². The number of rotatable bonds is 3. The SMILES string of the molecule is O=C(c1cccc(Oc2nccs2)c1)N1C[C@H]2CC[C@H]1C2. The summed E-state index contributed by atoms with van der Waals surface area (Å²) < 4.78 is 5.67. The van der Waals surface area contributed by atoms with Crippen LogP contribution >= 0.6 is 11.3 Å². The van der Waals surface area contributed by atoms with E-state index in [1.54, 1.807) is 6.20 Å². The van der Waals surface area contributed by atoms with Gasteiger partial charge in [0.05, 0.1) is 0 Å². The van der Waals surface area contributed by atoms with E-state index in [1.165, 1.54) is 24.2 Å². The molecule has 2 fully saturated rings. The molecule has 21 heavy (non-hydrogen) atoms. The Morgan fingerprint density at radius 3 is 3.05 bits per heavy atom. The molecule has 1 aliphatic heterocycles. The number of piperidine rings is 1. The largest absolute Gasteiger partial charge is 0.431 e. The van der Waals surface area contributed by atoms with Gasteiger partial charge in [0.25, 0.3) is 11.1 Å². The van der Waals surface area contributed by atoms with Gasteiger partial charge in [-0.05, 0) is 43.4 Å². The lowest BCUT2D eigenvalue weighted by molar-refractivity contribution is 0.0703. The third-order valence-corrected chi connectivity index (χ3v) is 5.01. The molecule has 0 unspecified atom stereocenters. The predicted octanol–water partition coefficient (Wildman–Crippen LogP) is 3.56. The summed E-state index contributed by atoms with van der Waals surface area (Å²) in [5.74, 6) is 1.51. The van der Waals surface area contributed by atoms with Gasteiger partial charge in [0.2, 0.25) is 0 Å². The van der Waals surface area contributed by atoms with E-state index in [0.717, 1.165) is 13.0 Å². The van der Waals surface area contributed by atoms with Gasteiger partial charge in [-0.15, -0.1) is 0 Å². The first-order valence-corrected chi connectivity index (χ1v) is 8.16. The quantitative estimate of drug-likeness (QED) is 0.870. The van der Waals surface area contributed by atoms with E-state index in [2.05, 4.69) is 4.98 Å². The molecule has 2 aliphatic rings. The maximum absolute atomic E-state index is 12.6. The summed E-state index contributed by atoms with van der Waals surface area (Å²) in [6, 6.07) is 7.85. The van der Waals surface area contributed by atoms with Gasteiger partial charge in [0, 0.05) is 29.7 Å². The molecule has 4 rings (SSSR count). The first-order valence-electron chi connectivity index (χ1n) is 7.28. The van der Waals surface area contributed by atoms with Gasteiger partial charge in [-0.25, -0.2) is 4.98 Å². The van der Waals surface area contributed by atoms with Crippen molar-refractivity contribution in [3.8, 4) is 10.9 Å². The molecule has 1 aromatic carbocycles. The Bertz CT molecular complexity index is 656. The van der Waals surface area contributed by atoms with Crippen molar-refractivity contribution in [2.45, 2.75) is 25.3 Å². The molecule has 5 heteroatoms. The van der Waals surface area contributed by atoms with Crippen molar-refractivity contribution in [2.24, 2.45) is 5.92 Å². The van der Waals surface area contributed by atoms with Crippen LogP contribution in [0.25, 0.3) is 0 Å². The van der Waals surface area contributed by atoms with Gasteiger partial charge in [-0.1, -0.05) is 17.4 Å². The Morgan fingerprint density at radius 2 is 2.33 bits per heavy atom. The third kappa shape index (κ3) is 2.42. The Kier molecular flexibility index (Phi) is 3.15. The van der Waals surface area contributed by atoms with E-state index in [0.29, 0.717) is 28.5 Å². The minimum Gasteiger partial charge on any atom is -0.431 e. The fourth-order valence-corrected chi connectivity index (χ4v) is 3.90. The fourth-order valence-electron chi connectivity index (χ4n) is 3.39. The van der Waals surface area contributed by atoms with Crippen molar-refractivity contribution < 1.29 is 9.53 Å². The molecule has 108 valence electrons. The van der Waals surface area contributed by atoms with Crippen LogP contribution in [-0.4, -0.2) is 28.4 Å². The number of thiazole rings is 1. The molecule has 0 spiro atoms. The maximum atomic E-state index is 12.6. The molecule has 4 nitrogen and oxygen atoms in total. The standard InChI is InChI=1S/C16H16N2O2S/c19-15(18-10-11-4-5-13(18)8-11)12-2-1-3-14(9-12)20-16-17-6-7-21-16/h1-3,6-7,9,11,13H,4-5,8,10H2/t11-,13-/m0/s1. The molecule has 1 aromatic heterocycles. The molecule has 2 atom stereocenters. The summed E-state index contributed by atoms with van der Waals surface area (Å²) in [4.78, 5) is 18.8. The zero-order valence-corrected chi connectivity index (χ0v) is 12.4. The molecule has 0 N–H and O–H groups in total. The molecular weight excluding hydrogens is 284 g/mol. The highest BCUT2D eigenvalue weighted by atomic mass is 32.1. The Morgan fingerprint density at radius 1 is 1.38 bits per heavy atom. The van der Waals surface area contributed by atoms with Gasteiger partial charge in [-0.2, -0.15) is 0 Å². The monoisotopic (exact) mass is 300 g/mol. The van der Waals surface area contributed by atoms with Crippen LogP contribution in [0.2, 0.25) is 0 Å². The molecular formula is C16H16N2O2S. The van der Waals surface area contributed by atoms with Crippen LogP contribution in [0.3, 0.4) is 0 Å². The van der Waals surface area contributed by atoms with Crippen molar-refractivity contribution in [3.63, 3.8) is 0 Å². The summed E-state index contributed by atoms with van der Waals surface area (Å²) in [6.45, 7) is 0.918. The number of benzene rings is 1. The molecule has 2 heterocycles. The number of carbonyl (C=O) groups excluding carboxylic acids is 1. The number of ether oxygens (including phenoxy) is 1. The summed E-state index contributed by atoms with van der Waals surface area (Å²) >= 11 is 1.44. The smallest absolute Gasteiger partial charge is 0.278 e. The number of hydrogen-bond donors (Lipinski definition) is 0. The summed E-state index contributed by atoms with van der Waals surface area (Å²) in [5.41, 5.74) is 0.705. The van der Waals surface area contributed by atoms with E-state index in [1.807, 2.05) is 34.5 Å². The van der Waals surface area contributed by atoms with Crippen LogP contribution in [0.4, 0.5) is 0 Å². The first-order chi connectivity index (χ1) is 10.3. The lowest BCUT2D eigenvalue weighted by Crippen LogP contribution is -2.37. The molecule has 1 saturated heterocycles. The second kappa shape index (κ2) is 5.15. The normalized spacial score (nSPS) is 23.5. The third-order valence-electron chi connectivity index (χ3n) is 4.37. The Labute approximate surface area is 127 Å². The molecule has 1 saturated carbocycles. The lowest BCUT2D eigenvalue weighted by Gasteiger charge is -2.27. The minimum absolute atomic E-state index is 0.131. The highest BCUT2D eigenvalue weighted by molar-refractivity contribution is 7.11. The number of hydrogen-bond acceptors (Lipinski definition) is 4. The van der Waals surface area contributed by atoms with Crippen LogP contribution in [0, 0.1) is 5.92 Å². The molecule has 1 aliphatic carbocycles. The van der Waals surface area contributed by atoms with Gasteiger partial charge < -0.3 is 9.64 Å². The van der Waals surface area contributed by atoms with E-state index in [-0.39, 0.29) is 5.91 Å². The van der Waals surface area contributed by atoms with Crippen molar-refractivity contribution >= 4 is 17.2 Å². The number of likely N-dealkylation sites (tertiary alicyclic amines) is 1. The van der Waals surface area contributed by atoms with E-state index in [9.17, 15) is 4.79 Å². The van der Waals surface area contributed by atoms with Crippen LogP contribution in [0.5, 0.6) is 10.9 Å². The fraction of sp³-hybridized carbons (Fsp3) is 0.375. The van der Waals surface area contributed by atoms with Gasteiger partial charge in [0.1, 0.15) is 5.75 Å². The number of amides is 1. The highest BCUT2D eigenvalue weighted by Crippen LogP contribution is 2.38. The Balaban J connectivity index is 1.53. The zero-order valence-electron chi connectivity index (χ0n) is 11.6. The number of fused-ring (bicyclic) bond motifs is 2.